The molecule has 8 heteroatoms. The van der Waals surface area contributed by atoms with Gasteiger partial charge in [0.1, 0.15) is 29.2 Å². The number of alkyl halides is 1. The Labute approximate surface area is 170 Å². The van der Waals surface area contributed by atoms with Gasteiger partial charge >= 0.3 is 6.09 Å². The molecule has 0 aromatic carbocycles. The molecule has 2 amide bonds. The van der Waals surface area contributed by atoms with E-state index >= 15 is 0 Å². The van der Waals surface area contributed by atoms with Gasteiger partial charge in [-0.1, -0.05) is 55.5 Å². The lowest BCUT2D eigenvalue weighted by atomic mass is 10.0. The number of amides is 2. The molecule has 0 aliphatic carbocycles. The Bertz CT molecular complexity index is 633. The Morgan fingerprint density at radius 1 is 1.38 bits per heavy atom. The predicted molar refractivity (Wildman–Crippen MR) is 104 cm³/mol. The number of cyclic esters (lactones) is 1. The van der Waals surface area contributed by atoms with E-state index in [1.54, 1.807) is 13.0 Å². The number of carbonyl (C=O) groups excluding carboxylic acids is 2. The van der Waals surface area contributed by atoms with E-state index in [1.807, 2.05) is 0 Å². The lowest BCUT2D eigenvalue weighted by Crippen LogP contribution is -2.41. The zero-order chi connectivity index (χ0) is 19.3. The summed E-state index contributed by atoms with van der Waals surface area (Å²) in [6, 6.07) is 1.70. The van der Waals surface area contributed by atoms with Crippen LogP contribution in [0.1, 0.15) is 63.6 Å². The van der Waals surface area contributed by atoms with Gasteiger partial charge < -0.3 is 14.3 Å². The topological polar surface area (TPSA) is 80.0 Å². The molecule has 6 nitrogen and oxygen atoms in total. The summed E-state index contributed by atoms with van der Waals surface area (Å²) < 4.78 is 11.4. The van der Waals surface area contributed by atoms with E-state index in [4.69, 9.17) is 9.15 Å². The van der Waals surface area contributed by atoms with Gasteiger partial charge in [0.2, 0.25) is 5.91 Å². The number of aryl methyl sites for hydroxylation is 1. The van der Waals surface area contributed by atoms with Crippen molar-refractivity contribution in [3.8, 4) is 0 Å². The summed E-state index contributed by atoms with van der Waals surface area (Å²) in [5.41, 5.74) is 0. The van der Waals surface area contributed by atoms with Crippen LogP contribution < -0.4 is 0 Å². The SMILES string of the molecule is CCCCCCCc1oc([C@@H](O)[C@H](C)C(=O)N2C(=O)OC[C@@H]2Br)cc1Br. The lowest BCUT2D eigenvalue weighted by Gasteiger charge is -2.22. The van der Waals surface area contributed by atoms with Crippen LogP contribution in [0.2, 0.25) is 0 Å². The number of rotatable bonds is 9. The molecule has 1 N–H and O–H groups in total. The largest absolute Gasteiger partial charge is 0.462 e. The smallest absolute Gasteiger partial charge is 0.417 e. The molecule has 1 aliphatic heterocycles. The highest BCUT2D eigenvalue weighted by Crippen LogP contribution is 2.32. The van der Waals surface area contributed by atoms with Gasteiger partial charge in [-0.3, -0.25) is 4.79 Å². The molecule has 3 atom stereocenters. The standard InChI is InChI=1S/C18H25Br2NO5/c1-3-4-5-6-7-8-13-12(19)9-14(26-13)16(22)11(2)17(23)21-15(20)10-25-18(21)24/h9,11,15-16,22H,3-8,10H2,1-2H3/t11-,15+,16-/m0/s1. The van der Waals surface area contributed by atoms with Crippen molar-refractivity contribution < 1.29 is 23.8 Å². The van der Waals surface area contributed by atoms with Gasteiger partial charge in [0.25, 0.3) is 0 Å². The Balaban J connectivity index is 1.98. The van der Waals surface area contributed by atoms with Crippen molar-refractivity contribution >= 4 is 43.9 Å². The second kappa shape index (κ2) is 9.90. The molecule has 0 unspecified atom stereocenters. The number of hydrogen-bond donors (Lipinski definition) is 1. The van der Waals surface area contributed by atoms with E-state index in [1.165, 1.54) is 19.3 Å². The monoisotopic (exact) mass is 493 g/mol. The third-order valence-electron chi connectivity index (χ3n) is 4.50. The number of nitrogens with zero attached hydrogens (tertiary/aromatic N) is 1. The molecule has 1 saturated heterocycles. The van der Waals surface area contributed by atoms with Crippen LogP contribution in [-0.4, -0.2) is 33.6 Å². The normalized spacial score (nSPS) is 19.5. The Kier molecular flexibility index (Phi) is 8.16. The molecular formula is C18H25Br2NO5. The number of furan rings is 1. The van der Waals surface area contributed by atoms with Crippen LogP contribution in [0.4, 0.5) is 4.79 Å². The first kappa shape index (κ1) is 21.4. The van der Waals surface area contributed by atoms with Gasteiger partial charge in [0, 0.05) is 6.42 Å². The first-order chi connectivity index (χ1) is 12.4. The fraction of sp³-hybridized carbons (Fsp3) is 0.667. The van der Waals surface area contributed by atoms with Crippen molar-refractivity contribution in [1.29, 1.82) is 0 Å². The quantitative estimate of drug-likeness (QED) is 0.299. The highest BCUT2D eigenvalue weighted by Gasteiger charge is 2.41. The summed E-state index contributed by atoms with van der Waals surface area (Å²) in [6.07, 6.45) is 4.73. The first-order valence-corrected chi connectivity index (χ1v) is 10.7. The van der Waals surface area contributed by atoms with Gasteiger partial charge in [-0.05, 0) is 28.4 Å². The van der Waals surface area contributed by atoms with E-state index < -0.39 is 29.0 Å². The third-order valence-corrected chi connectivity index (χ3v) is 5.84. The zero-order valence-corrected chi connectivity index (χ0v) is 18.2. The van der Waals surface area contributed by atoms with Crippen molar-refractivity contribution in [1.82, 2.24) is 4.90 Å². The van der Waals surface area contributed by atoms with E-state index in [0.29, 0.717) is 5.76 Å². The number of unbranched alkanes of at least 4 members (excludes halogenated alkanes) is 4. The number of carbonyl (C=O) groups is 2. The van der Waals surface area contributed by atoms with Crippen LogP contribution in [0.5, 0.6) is 0 Å². The van der Waals surface area contributed by atoms with Crippen LogP contribution in [0.3, 0.4) is 0 Å². The average molecular weight is 495 g/mol. The van der Waals surface area contributed by atoms with E-state index in [9.17, 15) is 14.7 Å². The molecule has 0 saturated carbocycles. The van der Waals surface area contributed by atoms with Gasteiger partial charge in [-0.15, -0.1) is 0 Å². The molecule has 146 valence electrons. The van der Waals surface area contributed by atoms with Crippen molar-refractivity contribution in [2.45, 2.75) is 63.4 Å². The maximum absolute atomic E-state index is 12.5. The Morgan fingerprint density at radius 2 is 2.08 bits per heavy atom. The minimum Gasteiger partial charge on any atom is -0.462 e. The minimum atomic E-state index is -1.14. The zero-order valence-electron chi connectivity index (χ0n) is 15.0. The second-order valence-corrected chi connectivity index (χ2v) is 8.45. The van der Waals surface area contributed by atoms with Crippen LogP contribution in [0.25, 0.3) is 0 Å². The number of aliphatic hydroxyl groups excluding tert-OH is 1. The number of halogens is 2. The second-order valence-electron chi connectivity index (χ2n) is 6.54. The highest BCUT2D eigenvalue weighted by atomic mass is 79.9. The van der Waals surface area contributed by atoms with Crippen molar-refractivity contribution in [3.05, 3.63) is 22.1 Å². The molecular weight excluding hydrogens is 470 g/mol. The summed E-state index contributed by atoms with van der Waals surface area (Å²) in [6.45, 7) is 3.85. The molecule has 0 bridgehead atoms. The third kappa shape index (κ3) is 5.10. The molecule has 1 aromatic heterocycles. The van der Waals surface area contributed by atoms with E-state index in [0.717, 1.165) is 34.4 Å². The van der Waals surface area contributed by atoms with Crippen molar-refractivity contribution in [2.75, 3.05) is 6.61 Å². The molecule has 0 radical (unpaired) electrons. The number of aliphatic hydroxyl groups is 1. The van der Waals surface area contributed by atoms with Crippen LogP contribution >= 0.6 is 31.9 Å². The van der Waals surface area contributed by atoms with Gasteiger partial charge in [-0.2, -0.15) is 0 Å². The fourth-order valence-electron chi connectivity index (χ4n) is 2.86. The molecule has 2 heterocycles. The number of imide groups is 1. The molecule has 26 heavy (non-hydrogen) atoms. The molecule has 1 fully saturated rings. The van der Waals surface area contributed by atoms with Crippen molar-refractivity contribution in [2.24, 2.45) is 5.92 Å². The summed E-state index contributed by atoms with van der Waals surface area (Å²) in [7, 11) is 0. The summed E-state index contributed by atoms with van der Waals surface area (Å²) in [5, 5.41) is 10.5. The summed E-state index contributed by atoms with van der Waals surface area (Å²) >= 11 is 6.69. The van der Waals surface area contributed by atoms with Gasteiger partial charge in [-0.25, -0.2) is 9.69 Å². The number of ether oxygens (including phenoxy) is 1. The van der Waals surface area contributed by atoms with Crippen LogP contribution in [-0.2, 0) is 16.0 Å². The van der Waals surface area contributed by atoms with E-state index in [-0.39, 0.29) is 6.61 Å². The summed E-state index contributed by atoms with van der Waals surface area (Å²) in [4.78, 5) is 24.7. The highest BCUT2D eigenvalue weighted by molar-refractivity contribution is 9.10. The van der Waals surface area contributed by atoms with Gasteiger partial charge in [0.15, 0.2) is 0 Å². The first-order valence-electron chi connectivity index (χ1n) is 8.96. The maximum atomic E-state index is 12.5. The van der Waals surface area contributed by atoms with Crippen LogP contribution in [0, 0.1) is 5.92 Å². The maximum Gasteiger partial charge on any atom is 0.417 e. The van der Waals surface area contributed by atoms with Crippen molar-refractivity contribution in [3.63, 3.8) is 0 Å². The Hall–Kier alpha value is -0.860. The van der Waals surface area contributed by atoms with Gasteiger partial charge in [0.05, 0.1) is 10.4 Å². The fourth-order valence-corrected chi connectivity index (χ4v) is 3.86. The minimum absolute atomic E-state index is 0.0991. The lowest BCUT2D eigenvalue weighted by molar-refractivity contribution is -0.135. The Morgan fingerprint density at radius 3 is 2.69 bits per heavy atom. The average Bonchev–Trinajstić information content (AvgIpc) is 3.15. The number of hydrogen-bond acceptors (Lipinski definition) is 5. The predicted octanol–water partition coefficient (Wildman–Crippen LogP) is 4.92. The van der Waals surface area contributed by atoms with E-state index in [2.05, 4.69) is 38.8 Å². The molecule has 1 aliphatic rings. The molecule has 1 aromatic rings. The molecule has 2 rings (SSSR count). The van der Waals surface area contributed by atoms with Crippen LogP contribution in [0.15, 0.2) is 15.0 Å². The molecule has 0 spiro atoms. The summed E-state index contributed by atoms with van der Waals surface area (Å²) in [5.74, 6) is -0.249.